The van der Waals surface area contributed by atoms with Crippen molar-refractivity contribution in [1.29, 1.82) is 0 Å². The fourth-order valence-electron chi connectivity index (χ4n) is 1.74. The van der Waals surface area contributed by atoms with Gasteiger partial charge in [0.15, 0.2) is 0 Å². The number of carbonyl (C=O) groups excluding carboxylic acids is 2. The Morgan fingerprint density at radius 3 is 2.63 bits per heavy atom. The molecule has 0 N–H and O–H groups in total. The summed E-state index contributed by atoms with van der Waals surface area (Å²) in [7, 11) is 1.27. The second-order valence-corrected chi connectivity index (χ2v) is 4.26. The number of nitrogens with zero attached hydrogens (tertiary/aromatic N) is 1. The van der Waals surface area contributed by atoms with E-state index in [0.717, 1.165) is 0 Å². The Morgan fingerprint density at radius 2 is 2.05 bits per heavy atom. The Morgan fingerprint density at radius 1 is 1.37 bits per heavy atom. The fourth-order valence-corrected chi connectivity index (χ4v) is 1.74. The summed E-state index contributed by atoms with van der Waals surface area (Å²) in [5.74, 6) is -1.32. The minimum absolute atomic E-state index is 0.126. The molecule has 0 aliphatic rings. The lowest BCUT2D eigenvalue weighted by molar-refractivity contribution is -0.141. The Labute approximate surface area is 112 Å². The van der Waals surface area contributed by atoms with Crippen molar-refractivity contribution in [2.75, 3.05) is 20.2 Å². The summed E-state index contributed by atoms with van der Waals surface area (Å²) in [5, 5.41) is 0. The molecule has 0 fully saturated rings. The van der Waals surface area contributed by atoms with Gasteiger partial charge in [-0.25, -0.2) is 4.39 Å². The van der Waals surface area contributed by atoms with E-state index in [0.29, 0.717) is 18.5 Å². The monoisotopic (exact) mass is 267 g/mol. The Balaban J connectivity index is 2.98. The van der Waals surface area contributed by atoms with Crippen molar-refractivity contribution < 1.29 is 18.7 Å². The smallest absolute Gasteiger partial charge is 0.325 e. The van der Waals surface area contributed by atoms with E-state index in [1.165, 1.54) is 24.1 Å². The van der Waals surface area contributed by atoms with Gasteiger partial charge in [0.1, 0.15) is 12.4 Å². The fraction of sp³-hybridized carbons (Fsp3) is 0.429. The molecule has 0 bridgehead atoms. The molecular formula is C14H18FNO3. The third kappa shape index (κ3) is 4.05. The Bertz CT molecular complexity index is 474. The van der Waals surface area contributed by atoms with Crippen LogP contribution in [0.15, 0.2) is 18.2 Å². The van der Waals surface area contributed by atoms with Gasteiger partial charge < -0.3 is 9.64 Å². The molecule has 0 saturated heterocycles. The van der Waals surface area contributed by atoms with Crippen molar-refractivity contribution in [3.8, 4) is 0 Å². The molecule has 1 rings (SSSR count). The van der Waals surface area contributed by atoms with Gasteiger partial charge in [-0.05, 0) is 31.0 Å². The first-order chi connectivity index (χ1) is 8.99. The second kappa shape index (κ2) is 6.87. The summed E-state index contributed by atoms with van der Waals surface area (Å²) < 4.78 is 17.8. The molecule has 0 aromatic heterocycles. The molecule has 0 unspecified atom stereocenters. The number of aryl methyl sites for hydroxylation is 1. The first-order valence-electron chi connectivity index (χ1n) is 6.11. The number of ether oxygens (including phenoxy) is 1. The predicted molar refractivity (Wildman–Crippen MR) is 69.3 cm³/mol. The molecule has 0 heterocycles. The van der Waals surface area contributed by atoms with Gasteiger partial charge in [-0.15, -0.1) is 0 Å². The van der Waals surface area contributed by atoms with E-state index in [-0.39, 0.29) is 18.0 Å². The third-order valence-electron chi connectivity index (χ3n) is 2.76. The van der Waals surface area contributed by atoms with Crippen LogP contribution in [-0.2, 0) is 9.53 Å². The number of methoxy groups -OCH3 is 1. The topological polar surface area (TPSA) is 46.6 Å². The van der Waals surface area contributed by atoms with Crippen molar-refractivity contribution in [2.45, 2.75) is 20.3 Å². The highest BCUT2D eigenvalue weighted by molar-refractivity contribution is 5.97. The molecule has 0 radical (unpaired) electrons. The number of hydrogen-bond acceptors (Lipinski definition) is 3. The van der Waals surface area contributed by atoms with Crippen molar-refractivity contribution in [3.05, 3.63) is 35.1 Å². The van der Waals surface area contributed by atoms with Gasteiger partial charge >= 0.3 is 5.97 Å². The number of halogens is 1. The lowest BCUT2D eigenvalue weighted by Gasteiger charge is -2.21. The van der Waals surface area contributed by atoms with E-state index in [1.807, 2.05) is 6.92 Å². The number of hydrogen-bond donors (Lipinski definition) is 0. The molecule has 0 saturated carbocycles. The Kier molecular flexibility index (Phi) is 5.48. The molecule has 19 heavy (non-hydrogen) atoms. The summed E-state index contributed by atoms with van der Waals surface area (Å²) in [6.45, 7) is 3.92. The van der Waals surface area contributed by atoms with E-state index in [4.69, 9.17) is 0 Å². The molecule has 1 amide bonds. The number of amides is 1. The average Bonchev–Trinajstić information content (AvgIpc) is 2.40. The Hall–Kier alpha value is -1.91. The van der Waals surface area contributed by atoms with E-state index in [2.05, 4.69) is 4.74 Å². The van der Waals surface area contributed by atoms with Crippen LogP contribution in [0.1, 0.15) is 29.3 Å². The summed E-state index contributed by atoms with van der Waals surface area (Å²) in [4.78, 5) is 25.0. The summed E-state index contributed by atoms with van der Waals surface area (Å²) in [6, 6.07) is 4.04. The van der Waals surface area contributed by atoms with Gasteiger partial charge in [0, 0.05) is 12.1 Å². The van der Waals surface area contributed by atoms with Gasteiger partial charge in [-0.1, -0.05) is 13.0 Å². The molecule has 104 valence electrons. The van der Waals surface area contributed by atoms with Gasteiger partial charge in [0.25, 0.3) is 5.91 Å². The SMILES string of the molecule is CCCN(CC(=O)OC)C(=O)c1cc(F)ccc1C. The molecule has 0 aliphatic heterocycles. The molecular weight excluding hydrogens is 249 g/mol. The van der Waals surface area contributed by atoms with Crippen LogP contribution in [0.3, 0.4) is 0 Å². The van der Waals surface area contributed by atoms with E-state index in [9.17, 15) is 14.0 Å². The largest absolute Gasteiger partial charge is 0.468 e. The molecule has 0 atom stereocenters. The first-order valence-corrected chi connectivity index (χ1v) is 6.11. The number of benzene rings is 1. The average molecular weight is 267 g/mol. The van der Waals surface area contributed by atoms with Crippen LogP contribution >= 0.6 is 0 Å². The molecule has 1 aromatic rings. The van der Waals surface area contributed by atoms with Crippen LogP contribution in [0.2, 0.25) is 0 Å². The third-order valence-corrected chi connectivity index (χ3v) is 2.76. The van der Waals surface area contributed by atoms with Crippen LogP contribution in [0, 0.1) is 12.7 Å². The van der Waals surface area contributed by atoms with E-state index >= 15 is 0 Å². The van der Waals surface area contributed by atoms with Crippen molar-refractivity contribution in [3.63, 3.8) is 0 Å². The maximum atomic E-state index is 13.2. The zero-order valence-electron chi connectivity index (χ0n) is 11.4. The van der Waals surface area contributed by atoms with Gasteiger partial charge in [-0.2, -0.15) is 0 Å². The van der Waals surface area contributed by atoms with Crippen LogP contribution in [0.4, 0.5) is 4.39 Å². The minimum Gasteiger partial charge on any atom is -0.468 e. The van der Waals surface area contributed by atoms with Crippen molar-refractivity contribution in [2.24, 2.45) is 0 Å². The molecule has 4 nitrogen and oxygen atoms in total. The number of esters is 1. The summed E-state index contributed by atoms with van der Waals surface area (Å²) in [6.07, 6.45) is 0.705. The molecule has 0 spiro atoms. The highest BCUT2D eigenvalue weighted by Gasteiger charge is 2.20. The minimum atomic E-state index is -0.490. The van der Waals surface area contributed by atoms with Gasteiger partial charge in [0.05, 0.1) is 7.11 Å². The van der Waals surface area contributed by atoms with Gasteiger partial charge in [-0.3, -0.25) is 9.59 Å². The van der Waals surface area contributed by atoms with Gasteiger partial charge in [0.2, 0.25) is 0 Å². The van der Waals surface area contributed by atoms with E-state index < -0.39 is 11.8 Å². The number of rotatable bonds is 5. The quantitative estimate of drug-likeness (QED) is 0.768. The maximum Gasteiger partial charge on any atom is 0.325 e. The molecule has 1 aromatic carbocycles. The molecule has 0 aliphatic carbocycles. The molecule has 5 heteroatoms. The first kappa shape index (κ1) is 15.1. The zero-order valence-corrected chi connectivity index (χ0v) is 11.4. The highest BCUT2D eigenvalue weighted by atomic mass is 19.1. The highest BCUT2D eigenvalue weighted by Crippen LogP contribution is 2.13. The second-order valence-electron chi connectivity index (χ2n) is 4.26. The maximum absolute atomic E-state index is 13.2. The van der Waals surface area contributed by atoms with E-state index in [1.54, 1.807) is 13.0 Å². The lowest BCUT2D eigenvalue weighted by atomic mass is 10.1. The van der Waals surface area contributed by atoms with Crippen LogP contribution in [-0.4, -0.2) is 37.0 Å². The van der Waals surface area contributed by atoms with Crippen molar-refractivity contribution in [1.82, 2.24) is 4.90 Å². The van der Waals surface area contributed by atoms with Crippen LogP contribution in [0.25, 0.3) is 0 Å². The van der Waals surface area contributed by atoms with Crippen LogP contribution in [0.5, 0.6) is 0 Å². The normalized spacial score (nSPS) is 10.1. The summed E-state index contributed by atoms with van der Waals surface area (Å²) >= 11 is 0. The van der Waals surface area contributed by atoms with Crippen LogP contribution < -0.4 is 0 Å². The van der Waals surface area contributed by atoms with Crippen molar-refractivity contribution >= 4 is 11.9 Å². The summed E-state index contributed by atoms with van der Waals surface area (Å²) in [5.41, 5.74) is 0.953. The predicted octanol–water partition coefficient (Wildman–Crippen LogP) is 2.16. The zero-order chi connectivity index (χ0) is 14.4. The number of carbonyl (C=O) groups is 2. The standard InChI is InChI=1S/C14H18FNO3/c1-4-7-16(9-13(17)19-3)14(18)12-8-11(15)6-5-10(12)2/h5-6,8H,4,7,9H2,1-3H3. The lowest BCUT2D eigenvalue weighted by Crippen LogP contribution is -2.37.